The van der Waals surface area contributed by atoms with Crippen LogP contribution in [0.5, 0.6) is 0 Å². The summed E-state index contributed by atoms with van der Waals surface area (Å²) in [5.74, 6) is 1.39. The summed E-state index contributed by atoms with van der Waals surface area (Å²) in [5.41, 5.74) is 0. The molecule has 0 spiro atoms. The number of ether oxygens (including phenoxy) is 2. The fraction of sp³-hybridized carbons (Fsp3) is 0.769. The second-order valence-electron chi connectivity index (χ2n) is 4.95. The average Bonchev–Trinajstić information content (AvgIpc) is 3.19. The molecule has 1 aromatic heterocycles. The van der Waals surface area contributed by atoms with Crippen molar-refractivity contribution >= 4 is 5.91 Å². The van der Waals surface area contributed by atoms with Gasteiger partial charge in [0.1, 0.15) is 5.82 Å². The summed E-state index contributed by atoms with van der Waals surface area (Å²) >= 11 is 0. The number of aromatic amines is 1. The van der Waals surface area contributed by atoms with Gasteiger partial charge in [0, 0.05) is 39.8 Å². The second-order valence-corrected chi connectivity index (χ2v) is 4.95. The van der Waals surface area contributed by atoms with Crippen molar-refractivity contribution in [3.8, 4) is 0 Å². The Morgan fingerprint density at radius 3 is 2.70 bits per heavy atom. The van der Waals surface area contributed by atoms with Crippen LogP contribution in [0, 0.1) is 0 Å². The van der Waals surface area contributed by atoms with Crippen LogP contribution in [0.1, 0.15) is 41.6 Å². The molecular formula is C13H22N4O3. The number of hydrogen-bond donors (Lipinski definition) is 1. The molecule has 112 valence electrons. The van der Waals surface area contributed by atoms with E-state index in [1.165, 1.54) is 0 Å². The van der Waals surface area contributed by atoms with E-state index in [9.17, 15) is 4.79 Å². The van der Waals surface area contributed by atoms with Crippen molar-refractivity contribution in [1.82, 2.24) is 20.1 Å². The summed E-state index contributed by atoms with van der Waals surface area (Å²) in [5, 5.41) is 6.90. The van der Waals surface area contributed by atoms with Crippen LogP contribution in [0.3, 0.4) is 0 Å². The van der Waals surface area contributed by atoms with Crippen molar-refractivity contribution < 1.29 is 14.3 Å². The van der Waals surface area contributed by atoms with Gasteiger partial charge in [-0.1, -0.05) is 0 Å². The summed E-state index contributed by atoms with van der Waals surface area (Å²) in [6.45, 7) is 2.27. The molecule has 7 heteroatoms. The molecule has 0 radical (unpaired) electrons. The van der Waals surface area contributed by atoms with Gasteiger partial charge in [-0.25, -0.2) is 4.98 Å². The lowest BCUT2D eigenvalue weighted by atomic mass is 10.3. The third-order valence-electron chi connectivity index (χ3n) is 3.29. The molecule has 1 amide bonds. The number of aromatic nitrogens is 3. The summed E-state index contributed by atoms with van der Waals surface area (Å²) < 4.78 is 10.1. The molecule has 1 aliphatic rings. The normalized spacial score (nSPS) is 14.5. The summed E-state index contributed by atoms with van der Waals surface area (Å²) in [4.78, 5) is 18.4. The van der Waals surface area contributed by atoms with Crippen LogP contribution >= 0.6 is 0 Å². The predicted molar refractivity (Wildman–Crippen MR) is 72.6 cm³/mol. The third-order valence-corrected chi connectivity index (χ3v) is 3.29. The van der Waals surface area contributed by atoms with Crippen molar-refractivity contribution in [2.75, 3.05) is 40.5 Å². The van der Waals surface area contributed by atoms with Gasteiger partial charge in [-0.3, -0.25) is 9.89 Å². The topological polar surface area (TPSA) is 80.3 Å². The maximum absolute atomic E-state index is 12.4. The fourth-order valence-corrected chi connectivity index (χ4v) is 1.97. The highest BCUT2D eigenvalue weighted by Crippen LogP contribution is 2.37. The first-order chi connectivity index (χ1) is 9.76. The van der Waals surface area contributed by atoms with Crippen molar-refractivity contribution in [1.29, 1.82) is 0 Å². The monoisotopic (exact) mass is 282 g/mol. The largest absolute Gasteiger partial charge is 0.385 e. The minimum Gasteiger partial charge on any atom is -0.385 e. The Labute approximate surface area is 118 Å². The number of H-pyrrole nitrogens is 1. The summed E-state index contributed by atoms with van der Waals surface area (Å²) in [7, 11) is 3.27. The number of nitrogens with one attached hydrogen (secondary N) is 1. The van der Waals surface area contributed by atoms with Gasteiger partial charge in [0.25, 0.3) is 5.91 Å². The van der Waals surface area contributed by atoms with E-state index in [2.05, 4.69) is 15.2 Å². The summed E-state index contributed by atoms with van der Waals surface area (Å²) in [6.07, 6.45) is 3.04. The molecule has 0 bridgehead atoms. The van der Waals surface area contributed by atoms with Crippen LogP contribution < -0.4 is 0 Å². The van der Waals surface area contributed by atoms with Crippen LogP contribution in [-0.4, -0.2) is 66.5 Å². The standard InChI is InChI=1S/C13H22N4O3/c1-19-8-3-6-17(7-9-20-2)13(18)12-14-11(15-16-12)10-4-5-10/h10H,3-9H2,1-2H3,(H,14,15,16). The number of carbonyl (C=O) groups excluding carboxylic acids is 1. The van der Waals surface area contributed by atoms with E-state index in [0.717, 1.165) is 25.1 Å². The maximum atomic E-state index is 12.4. The Morgan fingerprint density at radius 1 is 1.30 bits per heavy atom. The first-order valence-corrected chi connectivity index (χ1v) is 6.95. The molecule has 1 aliphatic carbocycles. The van der Waals surface area contributed by atoms with Crippen molar-refractivity contribution in [3.63, 3.8) is 0 Å². The zero-order valence-corrected chi connectivity index (χ0v) is 12.1. The predicted octanol–water partition coefficient (Wildman–Crippen LogP) is 0.807. The van der Waals surface area contributed by atoms with E-state index in [-0.39, 0.29) is 11.7 Å². The van der Waals surface area contributed by atoms with Crippen molar-refractivity contribution in [2.24, 2.45) is 0 Å². The molecule has 1 saturated carbocycles. The average molecular weight is 282 g/mol. The van der Waals surface area contributed by atoms with Crippen LogP contribution in [0.4, 0.5) is 0 Å². The number of nitrogens with zero attached hydrogens (tertiary/aromatic N) is 3. The van der Waals surface area contributed by atoms with Gasteiger partial charge in [0.2, 0.25) is 5.82 Å². The molecule has 1 aromatic rings. The number of amides is 1. The highest BCUT2D eigenvalue weighted by Gasteiger charge is 2.29. The molecule has 0 atom stereocenters. The van der Waals surface area contributed by atoms with E-state index >= 15 is 0 Å². The molecule has 1 fully saturated rings. The molecule has 0 saturated heterocycles. The van der Waals surface area contributed by atoms with E-state index in [0.29, 0.717) is 32.2 Å². The van der Waals surface area contributed by atoms with Gasteiger partial charge in [0.15, 0.2) is 0 Å². The quantitative estimate of drug-likeness (QED) is 0.678. The van der Waals surface area contributed by atoms with E-state index in [4.69, 9.17) is 9.47 Å². The Hall–Kier alpha value is -1.47. The smallest absolute Gasteiger partial charge is 0.293 e. The highest BCUT2D eigenvalue weighted by molar-refractivity contribution is 5.90. The number of hydrogen-bond acceptors (Lipinski definition) is 5. The Kier molecular flexibility index (Phi) is 5.49. The van der Waals surface area contributed by atoms with E-state index in [1.807, 2.05) is 0 Å². The van der Waals surface area contributed by atoms with Crippen LogP contribution in [-0.2, 0) is 9.47 Å². The van der Waals surface area contributed by atoms with Gasteiger partial charge in [0.05, 0.1) is 6.61 Å². The highest BCUT2D eigenvalue weighted by atomic mass is 16.5. The number of rotatable bonds is 9. The van der Waals surface area contributed by atoms with Gasteiger partial charge in [-0.2, -0.15) is 0 Å². The maximum Gasteiger partial charge on any atom is 0.293 e. The molecule has 1 N–H and O–H groups in total. The van der Waals surface area contributed by atoms with Crippen LogP contribution in [0.15, 0.2) is 0 Å². The Morgan fingerprint density at radius 2 is 2.05 bits per heavy atom. The van der Waals surface area contributed by atoms with Crippen molar-refractivity contribution in [2.45, 2.75) is 25.2 Å². The van der Waals surface area contributed by atoms with Gasteiger partial charge in [-0.05, 0) is 19.3 Å². The minimum atomic E-state index is -0.152. The second kappa shape index (κ2) is 7.35. The molecule has 2 rings (SSSR count). The molecule has 20 heavy (non-hydrogen) atoms. The molecule has 0 unspecified atom stereocenters. The van der Waals surface area contributed by atoms with Crippen LogP contribution in [0.2, 0.25) is 0 Å². The summed E-state index contributed by atoms with van der Waals surface area (Å²) in [6, 6.07) is 0. The number of carbonyl (C=O) groups is 1. The lowest BCUT2D eigenvalue weighted by Gasteiger charge is -2.20. The number of methoxy groups -OCH3 is 2. The molecular weight excluding hydrogens is 260 g/mol. The molecule has 0 aromatic carbocycles. The Balaban J connectivity index is 1.95. The van der Waals surface area contributed by atoms with Gasteiger partial charge >= 0.3 is 0 Å². The first-order valence-electron chi connectivity index (χ1n) is 6.95. The fourth-order valence-electron chi connectivity index (χ4n) is 1.97. The van der Waals surface area contributed by atoms with Crippen LogP contribution in [0.25, 0.3) is 0 Å². The SMILES string of the molecule is COCCCN(CCOC)C(=O)c1n[nH]c(C2CC2)n1. The van der Waals surface area contributed by atoms with Gasteiger partial charge < -0.3 is 14.4 Å². The van der Waals surface area contributed by atoms with E-state index < -0.39 is 0 Å². The third kappa shape index (κ3) is 4.01. The molecule has 1 heterocycles. The Bertz CT molecular complexity index is 431. The van der Waals surface area contributed by atoms with E-state index in [1.54, 1.807) is 19.1 Å². The van der Waals surface area contributed by atoms with Gasteiger partial charge in [-0.15, -0.1) is 5.10 Å². The van der Waals surface area contributed by atoms with Crippen molar-refractivity contribution in [3.05, 3.63) is 11.6 Å². The lowest BCUT2D eigenvalue weighted by molar-refractivity contribution is 0.0662. The lowest BCUT2D eigenvalue weighted by Crippen LogP contribution is -2.36. The zero-order valence-electron chi connectivity index (χ0n) is 12.1. The molecule has 7 nitrogen and oxygen atoms in total. The molecule has 0 aliphatic heterocycles. The first kappa shape index (κ1) is 14.9. The zero-order chi connectivity index (χ0) is 14.4. The minimum absolute atomic E-state index is 0.152.